The lowest BCUT2D eigenvalue weighted by molar-refractivity contribution is 0.451. The molecule has 0 amide bonds. The first-order valence-corrected chi connectivity index (χ1v) is 7.56. The molecule has 19 heavy (non-hydrogen) atoms. The van der Waals surface area contributed by atoms with E-state index in [0.29, 0.717) is 12.5 Å². The zero-order chi connectivity index (χ0) is 13.2. The molecule has 0 saturated carbocycles. The fourth-order valence-corrected chi connectivity index (χ4v) is 3.29. The molecule has 3 rings (SSSR count). The van der Waals surface area contributed by atoms with Crippen molar-refractivity contribution in [2.75, 3.05) is 6.54 Å². The first kappa shape index (κ1) is 12.9. The Labute approximate surface area is 122 Å². The maximum atomic E-state index is 5.66. The molecule has 0 fully saturated rings. The second-order valence-electron chi connectivity index (χ2n) is 5.11. The van der Waals surface area contributed by atoms with E-state index in [2.05, 4.69) is 49.7 Å². The number of halogens is 1. The van der Waals surface area contributed by atoms with Crippen LogP contribution in [0.5, 0.6) is 0 Å². The van der Waals surface area contributed by atoms with E-state index in [0.717, 1.165) is 29.7 Å². The van der Waals surface area contributed by atoms with Crippen molar-refractivity contribution in [3.8, 4) is 0 Å². The maximum Gasteiger partial charge on any atom is 0.110 e. The predicted octanol–water partition coefficient (Wildman–Crippen LogP) is 2.88. The smallest absolute Gasteiger partial charge is 0.110 e. The minimum Gasteiger partial charge on any atom is -0.331 e. The van der Waals surface area contributed by atoms with Gasteiger partial charge in [-0.15, -0.1) is 0 Å². The van der Waals surface area contributed by atoms with Crippen LogP contribution in [0.3, 0.4) is 0 Å². The first-order chi connectivity index (χ1) is 9.28. The van der Waals surface area contributed by atoms with Crippen LogP contribution in [-0.4, -0.2) is 16.1 Å². The van der Waals surface area contributed by atoms with Crippen molar-refractivity contribution in [3.05, 3.63) is 52.0 Å². The van der Waals surface area contributed by atoms with Gasteiger partial charge in [-0.1, -0.05) is 28.1 Å². The summed E-state index contributed by atoms with van der Waals surface area (Å²) in [7, 11) is 0. The fraction of sp³-hybridized carbons (Fsp3) is 0.400. The van der Waals surface area contributed by atoms with E-state index in [1.54, 1.807) is 0 Å². The van der Waals surface area contributed by atoms with Crippen molar-refractivity contribution in [1.82, 2.24) is 9.55 Å². The first-order valence-electron chi connectivity index (χ1n) is 6.76. The minimum atomic E-state index is 0.579. The third-order valence-electron chi connectivity index (χ3n) is 3.86. The summed E-state index contributed by atoms with van der Waals surface area (Å²) in [6.07, 6.45) is 5.19. The van der Waals surface area contributed by atoms with Crippen LogP contribution >= 0.6 is 15.9 Å². The number of imidazole rings is 1. The van der Waals surface area contributed by atoms with Crippen molar-refractivity contribution in [2.24, 2.45) is 5.73 Å². The number of nitrogens with two attached hydrogens (primary N) is 1. The number of nitrogens with zero attached hydrogens (tertiary/aromatic N) is 2. The van der Waals surface area contributed by atoms with Crippen molar-refractivity contribution in [2.45, 2.75) is 31.7 Å². The second-order valence-corrected chi connectivity index (χ2v) is 6.02. The van der Waals surface area contributed by atoms with Crippen molar-refractivity contribution >= 4 is 15.9 Å². The molecule has 3 nitrogen and oxygen atoms in total. The second kappa shape index (κ2) is 5.47. The summed E-state index contributed by atoms with van der Waals surface area (Å²) in [6, 6.07) is 8.65. The Morgan fingerprint density at radius 1 is 1.42 bits per heavy atom. The van der Waals surface area contributed by atoms with Crippen molar-refractivity contribution in [1.29, 1.82) is 0 Å². The molecule has 0 spiro atoms. The van der Waals surface area contributed by atoms with E-state index in [9.17, 15) is 0 Å². The highest BCUT2D eigenvalue weighted by Crippen LogP contribution is 2.31. The van der Waals surface area contributed by atoms with Gasteiger partial charge in [0, 0.05) is 35.2 Å². The lowest BCUT2D eigenvalue weighted by Crippen LogP contribution is -2.21. The zero-order valence-corrected chi connectivity index (χ0v) is 12.4. The molecular formula is C15H18BrN3. The average molecular weight is 320 g/mol. The van der Waals surface area contributed by atoms with Crippen LogP contribution in [0.2, 0.25) is 0 Å². The monoisotopic (exact) mass is 319 g/mol. The van der Waals surface area contributed by atoms with Gasteiger partial charge in [0.05, 0.1) is 0 Å². The van der Waals surface area contributed by atoms with Gasteiger partial charge >= 0.3 is 0 Å². The topological polar surface area (TPSA) is 43.8 Å². The Morgan fingerprint density at radius 3 is 3.11 bits per heavy atom. The van der Waals surface area contributed by atoms with E-state index in [1.165, 1.54) is 17.7 Å². The summed E-state index contributed by atoms with van der Waals surface area (Å²) in [6.45, 7) is 1.69. The number of aryl methyl sites for hydroxylation is 1. The van der Waals surface area contributed by atoms with Gasteiger partial charge in [0.25, 0.3) is 0 Å². The highest BCUT2D eigenvalue weighted by atomic mass is 79.9. The molecule has 1 unspecified atom stereocenters. The molecule has 100 valence electrons. The van der Waals surface area contributed by atoms with Gasteiger partial charge in [0.1, 0.15) is 5.82 Å². The number of fused-ring (bicyclic) bond motifs is 1. The third-order valence-corrected chi connectivity index (χ3v) is 4.35. The van der Waals surface area contributed by atoms with Gasteiger partial charge in [0.2, 0.25) is 0 Å². The molecule has 0 saturated heterocycles. The van der Waals surface area contributed by atoms with Gasteiger partial charge in [-0.2, -0.15) is 0 Å². The average Bonchev–Trinajstić information content (AvgIpc) is 2.82. The number of benzene rings is 1. The van der Waals surface area contributed by atoms with Crippen molar-refractivity contribution < 1.29 is 0 Å². The Hall–Kier alpha value is -1.13. The molecular weight excluding hydrogens is 302 g/mol. The molecule has 2 aromatic rings. The van der Waals surface area contributed by atoms with E-state index >= 15 is 0 Å². The van der Waals surface area contributed by atoms with E-state index in [4.69, 9.17) is 5.73 Å². The lowest BCUT2D eigenvalue weighted by atomic mass is 9.91. The molecule has 0 radical (unpaired) electrons. The molecule has 2 heterocycles. The number of rotatable bonds is 3. The normalized spacial score (nSPS) is 18.3. The van der Waals surface area contributed by atoms with Crippen LogP contribution in [0.15, 0.2) is 34.9 Å². The molecule has 2 N–H and O–H groups in total. The van der Waals surface area contributed by atoms with Crippen LogP contribution in [0.1, 0.15) is 29.4 Å². The Balaban J connectivity index is 1.86. The molecule has 0 bridgehead atoms. The third kappa shape index (κ3) is 2.60. The molecule has 1 aromatic carbocycles. The molecule has 0 aliphatic carbocycles. The highest BCUT2D eigenvalue weighted by molar-refractivity contribution is 9.10. The Morgan fingerprint density at radius 2 is 2.32 bits per heavy atom. The molecule has 1 aliphatic heterocycles. The van der Waals surface area contributed by atoms with Crippen molar-refractivity contribution in [3.63, 3.8) is 0 Å². The number of aromatic nitrogens is 2. The summed E-state index contributed by atoms with van der Waals surface area (Å²) < 4.78 is 3.52. The summed E-state index contributed by atoms with van der Waals surface area (Å²) in [5.41, 5.74) is 8.42. The summed E-state index contributed by atoms with van der Waals surface area (Å²) in [5.74, 6) is 1.72. The Bertz CT molecular complexity index is 577. The Kier molecular flexibility index (Phi) is 3.71. The summed E-state index contributed by atoms with van der Waals surface area (Å²) >= 11 is 3.56. The molecule has 1 aliphatic rings. The number of hydrogen-bond donors (Lipinski definition) is 1. The van der Waals surface area contributed by atoms with Crippen LogP contribution in [0.4, 0.5) is 0 Å². The van der Waals surface area contributed by atoms with Crippen LogP contribution < -0.4 is 5.73 Å². The van der Waals surface area contributed by atoms with Crippen LogP contribution in [0.25, 0.3) is 0 Å². The van der Waals surface area contributed by atoms with Gasteiger partial charge in [-0.05, 0) is 37.1 Å². The summed E-state index contributed by atoms with van der Waals surface area (Å²) in [4.78, 5) is 4.51. The fourth-order valence-electron chi connectivity index (χ4n) is 2.87. The summed E-state index contributed by atoms with van der Waals surface area (Å²) in [5, 5.41) is 0. The maximum absolute atomic E-state index is 5.66. The van der Waals surface area contributed by atoms with Crippen LogP contribution in [0, 0.1) is 0 Å². The van der Waals surface area contributed by atoms with Gasteiger partial charge in [-0.3, -0.25) is 0 Å². The lowest BCUT2D eigenvalue weighted by Gasteiger charge is -2.26. The molecule has 1 atom stereocenters. The quantitative estimate of drug-likeness (QED) is 0.945. The van der Waals surface area contributed by atoms with Crippen LogP contribution in [-0.2, 0) is 19.4 Å². The SMILES string of the molecule is NCCc1ncc2n1CC(c1cccc(Br)c1)CC2. The predicted molar refractivity (Wildman–Crippen MR) is 80.2 cm³/mol. The zero-order valence-electron chi connectivity index (χ0n) is 10.8. The largest absolute Gasteiger partial charge is 0.331 e. The van der Waals surface area contributed by atoms with Gasteiger partial charge in [-0.25, -0.2) is 4.98 Å². The highest BCUT2D eigenvalue weighted by Gasteiger charge is 2.22. The number of hydrogen-bond acceptors (Lipinski definition) is 2. The van der Waals surface area contributed by atoms with E-state index in [-0.39, 0.29) is 0 Å². The van der Waals surface area contributed by atoms with Gasteiger partial charge < -0.3 is 10.3 Å². The van der Waals surface area contributed by atoms with E-state index < -0.39 is 0 Å². The molecule has 1 aromatic heterocycles. The molecule has 4 heteroatoms. The van der Waals surface area contributed by atoms with Gasteiger partial charge in [0.15, 0.2) is 0 Å². The van der Waals surface area contributed by atoms with E-state index in [1.807, 2.05) is 6.20 Å². The minimum absolute atomic E-state index is 0.579. The standard InChI is InChI=1S/C15H18BrN3/c16-13-3-1-2-11(8-13)12-4-5-14-9-18-15(6-7-17)19(14)10-12/h1-3,8-9,12H,4-7,10,17H2.